The minimum atomic E-state index is -0.367. The van der Waals surface area contributed by atoms with Crippen molar-refractivity contribution in [3.8, 4) is 0 Å². The second kappa shape index (κ2) is 5.65. The Morgan fingerprint density at radius 3 is 2.68 bits per heavy atom. The van der Waals surface area contributed by atoms with Gasteiger partial charge >= 0.3 is 0 Å². The van der Waals surface area contributed by atoms with E-state index in [1.165, 1.54) is 11.9 Å². The minimum absolute atomic E-state index is 0.0281. The van der Waals surface area contributed by atoms with Crippen LogP contribution in [0.2, 0.25) is 0 Å². The highest BCUT2D eigenvalue weighted by atomic mass is 16.2. The van der Waals surface area contributed by atoms with Crippen LogP contribution in [-0.4, -0.2) is 20.7 Å². The molecule has 19 heavy (non-hydrogen) atoms. The van der Waals surface area contributed by atoms with Gasteiger partial charge in [-0.3, -0.25) is 4.79 Å². The predicted octanol–water partition coefficient (Wildman–Crippen LogP) is 2.02. The molecule has 2 rings (SSSR count). The molecule has 1 N–H and O–H groups in total. The quantitative estimate of drug-likeness (QED) is 0.912. The Balaban J connectivity index is 2.05. The molecule has 1 heterocycles. The molecule has 5 nitrogen and oxygen atoms in total. The Bertz CT molecular complexity index is 550. The van der Waals surface area contributed by atoms with Crippen molar-refractivity contribution in [2.75, 3.05) is 0 Å². The zero-order chi connectivity index (χ0) is 13.8. The Labute approximate surface area is 112 Å². The SMILES string of the molecule is Cc1ccccc1C(C)NC(=O)C(C)n1cncn1. The van der Waals surface area contributed by atoms with Crippen LogP contribution >= 0.6 is 0 Å². The molecule has 0 radical (unpaired) electrons. The smallest absolute Gasteiger partial charge is 0.245 e. The van der Waals surface area contributed by atoms with Gasteiger partial charge in [0.15, 0.2) is 0 Å². The molecular weight excluding hydrogens is 240 g/mol. The molecule has 1 amide bonds. The third kappa shape index (κ3) is 2.99. The first kappa shape index (κ1) is 13.3. The van der Waals surface area contributed by atoms with E-state index in [-0.39, 0.29) is 18.0 Å². The van der Waals surface area contributed by atoms with Crippen LogP contribution in [0.15, 0.2) is 36.9 Å². The van der Waals surface area contributed by atoms with E-state index >= 15 is 0 Å². The summed E-state index contributed by atoms with van der Waals surface area (Å²) in [5, 5.41) is 6.98. The summed E-state index contributed by atoms with van der Waals surface area (Å²) < 4.78 is 1.54. The van der Waals surface area contributed by atoms with Crippen molar-refractivity contribution in [2.24, 2.45) is 0 Å². The van der Waals surface area contributed by atoms with Crippen LogP contribution < -0.4 is 5.32 Å². The van der Waals surface area contributed by atoms with Crippen molar-refractivity contribution < 1.29 is 4.79 Å². The van der Waals surface area contributed by atoms with E-state index in [9.17, 15) is 4.79 Å². The molecule has 0 aliphatic rings. The summed E-state index contributed by atoms with van der Waals surface area (Å²) in [6.45, 7) is 5.82. The number of aromatic nitrogens is 3. The maximum absolute atomic E-state index is 12.1. The molecule has 0 spiro atoms. The number of nitrogens with zero attached hydrogens (tertiary/aromatic N) is 3. The van der Waals surface area contributed by atoms with Crippen LogP contribution in [0.25, 0.3) is 0 Å². The van der Waals surface area contributed by atoms with Gasteiger partial charge in [-0.25, -0.2) is 9.67 Å². The van der Waals surface area contributed by atoms with Crippen molar-refractivity contribution in [3.05, 3.63) is 48.0 Å². The monoisotopic (exact) mass is 258 g/mol. The number of rotatable bonds is 4. The maximum Gasteiger partial charge on any atom is 0.245 e. The lowest BCUT2D eigenvalue weighted by molar-refractivity contribution is -0.124. The summed E-state index contributed by atoms with van der Waals surface area (Å²) >= 11 is 0. The number of aryl methyl sites for hydroxylation is 1. The standard InChI is InChI=1S/C14H18N4O/c1-10-6-4-5-7-13(10)11(2)17-14(19)12(3)18-9-15-8-16-18/h4-9,11-12H,1-3H3,(H,17,19). The van der Waals surface area contributed by atoms with E-state index in [2.05, 4.69) is 15.4 Å². The van der Waals surface area contributed by atoms with Gasteiger partial charge in [-0.2, -0.15) is 5.10 Å². The van der Waals surface area contributed by atoms with Crippen LogP contribution in [0, 0.1) is 6.92 Å². The first-order valence-corrected chi connectivity index (χ1v) is 6.29. The Morgan fingerprint density at radius 1 is 1.32 bits per heavy atom. The van der Waals surface area contributed by atoms with Gasteiger partial charge in [-0.15, -0.1) is 0 Å². The molecule has 2 unspecified atom stereocenters. The van der Waals surface area contributed by atoms with Gasteiger partial charge in [0.05, 0.1) is 6.04 Å². The van der Waals surface area contributed by atoms with Crippen LogP contribution in [0.3, 0.4) is 0 Å². The summed E-state index contributed by atoms with van der Waals surface area (Å²) in [7, 11) is 0. The van der Waals surface area contributed by atoms with Crippen molar-refractivity contribution in [1.29, 1.82) is 0 Å². The third-order valence-corrected chi connectivity index (χ3v) is 3.23. The number of hydrogen-bond donors (Lipinski definition) is 1. The fourth-order valence-electron chi connectivity index (χ4n) is 2.02. The summed E-state index contributed by atoms with van der Waals surface area (Å²) in [6.07, 6.45) is 2.97. The van der Waals surface area contributed by atoms with Gasteiger partial charge in [0, 0.05) is 0 Å². The first-order valence-electron chi connectivity index (χ1n) is 6.29. The fourth-order valence-corrected chi connectivity index (χ4v) is 2.02. The van der Waals surface area contributed by atoms with Gasteiger partial charge in [0.2, 0.25) is 5.91 Å². The van der Waals surface area contributed by atoms with Gasteiger partial charge in [-0.05, 0) is 31.9 Å². The lowest BCUT2D eigenvalue weighted by atomic mass is 10.0. The molecule has 0 aliphatic heterocycles. The topological polar surface area (TPSA) is 59.8 Å². The van der Waals surface area contributed by atoms with E-state index in [4.69, 9.17) is 0 Å². The van der Waals surface area contributed by atoms with Crippen LogP contribution in [0.1, 0.15) is 37.1 Å². The molecule has 0 saturated carbocycles. The highest BCUT2D eigenvalue weighted by Gasteiger charge is 2.18. The molecule has 2 atom stereocenters. The van der Waals surface area contributed by atoms with E-state index in [0.717, 1.165) is 5.56 Å². The largest absolute Gasteiger partial charge is 0.348 e. The second-order valence-corrected chi connectivity index (χ2v) is 4.64. The summed E-state index contributed by atoms with van der Waals surface area (Å²) in [4.78, 5) is 16.0. The highest BCUT2D eigenvalue weighted by molar-refractivity contribution is 5.80. The molecule has 2 aromatic rings. The second-order valence-electron chi connectivity index (χ2n) is 4.64. The fraction of sp³-hybridized carbons (Fsp3) is 0.357. The van der Waals surface area contributed by atoms with Crippen molar-refractivity contribution >= 4 is 5.91 Å². The maximum atomic E-state index is 12.1. The van der Waals surface area contributed by atoms with E-state index in [1.807, 2.05) is 38.1 Å². The summed E-state index contributed by atoms with van der Waals surface area (Å²) in [5.41, 5.74) is 2.30. The molecule has 0 bridgehead atoms. The number of amides is 1. The average molecular weight is 258 g/mol. The van der Waals surface area contributed by atoms with E-state index < -0.39 is 0 Å². The van der Waals surface area contributed by atoms with Gasteiger partial charge in [0.25, 0.3) is 0 Å². The Morgan fingerprint density at radius 2 is 2.05 bits per heavy atom. The summed E-state index contributed by atoms with van der Waals surface area (Å²) in [6, 6.07) is 7.64. The number of hydrogen-bond acceptors (Lipinski definition) is 3. The predicted molar refractivity (Wildman–Crippen MR) is 72.5 cm³/mol. The molecule has 0 fully saturated rings. The van der Waals surface area contributed by atoms with Crippen LogP contribution in [-0.2, 0) is 4.79 Å². The van der Waals surface area contributed by atoms with Crippen molar-refractivity contribution in [3.63, 3.8) is 0 Å². The number of carbonyl (C=O) groups is 1. The first-order chi connectivity index (χ1) is 9.09. The van der Waals surface area contributed by atoms with Crippen molar-refractivity contribution in [1.82, 2.24) is 20.1 Å². The lowest BCUT2D eigenvalue weighted by Crippen LogP contribution is -2.33. The molecule has 5 heteroatoms. The van der Waals surface area contributed by atoms with E-state index in [0.29, 0.717) is 0 Å². The number of benzene rings is 1. The van der Waals surface area contributed by atoms with Crippen molar-refractivity contribution in [2.45, 2.75) is 32.9 Å². The third-order valence-electron chi connectivity index (χ3n) is 3.23. The molecule has 1 aromatic carbocycles. The lowest BCUT2D eigenvalue weighted by Gasteiger charge is -2.19. The summed E-state index contributed by atoms with van der Waals surface area (Å²) in [5.74, 6) is -0.0683. The molecule has 1 aromatic heterocycles. The molecule has 0 aliphatic carbocycles. The van der Waals surface area contributed by atoms with Crippen LogP contribution in [0.4, 0.5) is 0 Å². The molecule has 100 valence electrons. The van der Waals surface area contributed by atoms with E-state index in [1.54, 1.807) is 17.9 Å². The zero-order valence-electron chi connectivity index (χ0n) is 11.4. The number of nitrogens with one attached hydrogen (secondary N) is 1. The van der Waals surface area contributed by atoms with Gasteiger partial charge < -0.3 is 5.32 Å². The highest BCUT2D eigenvalue weighted by Crippen LogP contribution is 2.17. The normalized spacial score (nSPS) is 13.8. The molecular formula is C14H18N4O. The van der Waals surface area contributed by atoms with Crippen LogP contribution in [0.5, 0.6) is 0 Å². The Kier molecular flexibility index (Phi) is 3.94. The zero-order valence-corrected chi connectivity index (χ0v) is 11.4. The molecule has 0 saturated heterocycles. The number of carbonyl (C=O) groups excluding carboxylic acids is 1. The van der Waals surface area contributed by atoms with Gasteiger partial charge in [-0.1, -0.05) is 24.3 Å². The minimum Gasteiger partial charge on any atom is -0.348 e. The Hall–Kier alpha value is -2.17. The van der Waals surface area contributed by atoms with Gasteiger partial charge in [0.1, 0.15) is 18.7 Å². The average Bonchev–Trinajstić information content (AvgIpc) is 2.92.